The van der Waals surface area contributed by atoms with Gasteiger partial charge in [-0.1, -0.05) is 6.07 Å². The van der Waals surface area contributed by atoms with Gasteiger partial charge in [0.1, 0.15) is 0 Å². The summed E-state index contributed by atoms with van der Waals surface area (Å²) in [6.45, 7) is 4.16. The van der Waals surface area contributed by atoms with Gasteiger partial charge in [-0.2, -0.15) is 11.3 Å². The van der Waals surface area contributed by atoms with Crippen LogP contribution < -0.4 is 5.32 Å². The van der Waals surface area contributed by atoms with Crippen LogP contribution in [0.5, 0.6) is 0 Å². The maximum Gasteiger partial charge on any atom is 0.0300 e. The van der Waals surface area contributed by atoms with Gasteiger partial charge < -0.3 is 10.2 Å². The van der Waals surface area contributed by atoms with Gasteiger partial charge in [-0.05, 0) is 40.9 Å². The van der Waals surface area contributed by atoms with E-state index in [0.717, 1.165) is 26.2 Å². The van der Waals surface area contributed by atoms with Crippen molar-refractivity contribution in [2.24, 2.45) is 0 Å². The molecule has 0 aliphatic heterocycles. The summed E-state index contributed by atoms with van der Waals surface area (Å²) in [6, 6.07) is 6.47. The van der Waals surface area contributed by atoms with Crippen molar-refractivity contribution < 1.29 is 0 Å². The molecule has 2 aromatic rings. The number of hydrogen-bond acceptors (Lipinski definition) is 4. The largest absolute Gasteiger partial charge is 0.311 e. The van der Waals surface area contributed by atoms with Crippen LogP contribution in [0.4, 0.5) is 0 Å². The highest BCUT2D eigenvalue weighted by molar-refractivity contribution is 7.09. The SMILES string of the molecule is CN(CCNCc1cccs1)Cc1ccsc1. The number of hydrogen-bond donors (Lipinski definition) is 1. The molecule has 0 unspecified atom stereocenters. The Labute approximate surface area is 111 Å². The molecule has 92 valence electrons. The highest BCUT2D eigenvalue weighted by Crippen LogP contribution is 2.08. The van der Waals surface area contributed by atoms with E-state index < -0.39 is 0 Å². The van der Waals surface area contributed by atoms with Crippen molar-refractivity contribution in [2.45, 2.75) is 13.1 Å². The average molecular weight is 266 g/mol. The summed E-state index contributed by atoms with van der Waals surface area (Å²) in [4.78, 5) is 3.76. The molecule has 17 heavy (non-hydrogen) atoms. The van der Waals surface area contributed by atoms with E-state index in [1.54, 1.807) is 11.3 Å². The Morgan fingerprint density at radius 1 is 1.29 bits per heavy atom. The van der Waals surface area contributed by atoms with Crippen LogP contribution in [0.25, 0.3) is 0 Å². The van der Waals surface area contributed by atoms with Crippen molar-refractivity contribution in [3.8, 4) is 0 Å². The summed E-state index contributed by atoms with van der Waals surface area (Å²) < 4.78 is 0. The quantitative estimate of drug-likeness (QED) is 0.775. The fraction of sp³-hybridized carbons (Fsp3) is 0.385. The zero-order chi connectivity index (χ0) is 11.9. The molecule has 0 aliphatic carbocycles. The summed E-state index contributed by atoms with van der Waals surface area (Å²) in [6.07, 6.45) is 0. The van der Waals surface area contributed by atoms with E-state index in [1.807, 2.05) is 11.3 Å². The molecular formula is C13H18N2S2. The van der Waals surface area contributed by atoms with E-state index in [4.69, 9.17) is 0 Å². The van der Waals surface area contributed by atoms with Crippen molar-refractivity contribution in [2.75, 3.05) is 20.1 Å². The Bertz CT molecular complexity index is 395. The smallest absolute Gasteiger partial charge is 0.0300 e. The molecular weight excluding hydrogens is 248 g/mol. The third kappa shape index (κ3) is 4.60. The molecule has 0 fully saturated rings. The van der Waals surface area contributed by atoms with Crippen LogP contribution in [0.15, 0.2) is 34.3 Å². The van der Waals surface area contributed by atoms with Crippen LogP contribution in [0, 0.1) is 0 Å². The normalized spacial score (nSPS) is 11.2. The van der Waals surface area contributed by atoms with Gasteiger partial charge in [0.2, 0.25) is 0 Å². The number of likely N-dealkylation sites (N-methyl/N-ethyl adjacent to an activating group) is 1. The average Bonchev–Trinajstić information content (AvgIpc) is 2.96. The third-order valence-corrected chi connectivity index (χ3v) is 4.19. The van der Waals surface area contributed by atoms with Gasteiger partial charge in [0, 0.05) is 31.1 Å². The molecule has 1 N–H and O–H groups in total. The Morgan fingerprint density at radius 2 is 2.24 bits per heavy atom. The molecule has 0 atom stereocenters. The van der Waals surface area contributed by atoms with E-state index in [0.29, 0.717) is 0 Å². The highest BCUT2D eigenvalue weighted by Gasteiger charge is 2.00. The first-order valence-electron chi connectivity index (χ1n) is 5.77. The topological polar surface area (TPSA) is 15.3 Å². The van der Waals surface area contributed by atoms with Crippen molar-refractivity contribution in [3.05, 3.63) is 44.8 Å². The predicted octanol–water partition coefficient (Wildman–Crippen LogP) is 3.03. The zero-order valence-corrected chi connectivity index (χ0v) is 11.7. The Hall–Kier alpha value is -0.680. The minimum absolute atomic E-state index is 0.990. The van der Waals surface area contributed by atoms with Gasteiger partial charge >= 0.3 is 0 Å². The maximum atomic E-state index is 3.47. The lowest BCUT2D eigenvalue weighted by Gasteiger charge is -2.15. The number of nitrogens with one attached hydrogen (secondary N) is 1. The van der Waals surface area contributed by atoms with Crippen molar-refractivity contribution in [3.63, 3.8) is 0 Å². The fourth-order valence-corrected chi connectivity index (χ4v) is 3.00. The third-order valence-electron chi connectivity index (χ3n) is 2.58. The van der Waals surface area contributed by atoms with Gasteiger partial charge in [-0.15, -0.1) is 11.3 Å². The van der Waals surface area contributed by atoms with E-state index in [-0.39, 0.29) is 0 Å². The molecule has 0 saturated carbocycles. The second-order valence-corrected chi connectivity index (χ2v) is 5.94. The summed E-state index contributed by atoms with van der Waals surface area (Å²) in [5.41, 5.74) is 1.41. The molecule has 0 aliphatic rings. The van der Waals surface area contributed by atoms with Gasteiger partial charge in [-0.3, -0.25) is 0 Å². The molecule has 2 nitrogen and oxygen atoms in total. The lowest BCUT2D eigenvalue weighted by Crippen LogP contribution is -2.28. The van der Waals surface area contributed by atoms with Crippen LogP contribution >= 0.6 is 22.7 Å². The minimum Gasteiger partial charge on any atom is -0.311 e. The van der Waals surface area contributed by atoms with Crippen molar-refractivity contribution in [1.82, 2.24) is 10.2 Å². The van der Waals surface area contributed by atoms with E-state index in [1.165, 1.54) is 10.4 Å². The molecule has 0 aromatic carbocycles. The molecule has 2 heterocycles. The number of nitrogens with zero attached hydrogens (tertiary/aromatic N) is 1. The monoisotopic (exact) mass is 266 g/mol. The molecule has 0 saturated heterocycles. The molecule has 4 heteroatoms. The first-order chi connectivity index (χ1) is 8.34. The Morgan fingerprint density at radius 3 is 2.94 bits per heavy atom. The van der Waals surface area contributed by atoms with Crippen molar-refractivity contribution >= 4 is 22.7 Å². The van der Waals surface area contributed by atoms with Gasteiger partial charge in [0.15, 0.2) is 0 Å². The first kappa shape index (κ1) is 12.8. The zero-order valence-electron chi connectivity index (χ0n) is 10.1. The molecule has 2 aromatic heterocycles. The van der Waals surface area contributed by atoms with E-state index >= 15 is 0 Å². The molecule has 0 spiro atoms. The van der Waals surface area contributed by atoms with Gasteiger partial charge in [-0.25, -0.2) is 0 Å². The molecule has 0 amide bonds. The molecule has 0 radical (unpaired) electrons. The van der Waals surface area contributed by atoms with Gasteiger partial charge in [0.25, 0.3) is 0 Å². The molecule has 2 rings (SSSR count). The number of thiophene rings is 2. The van der Waals surface area contributed by atoms with Crippen LogP contribution in [-0.2, 0) is 13.1 Å². The van der Waals surface area contributed by atoms with Crippen LogP contribution in [0.2, 0.25) is 0 Å². The Kier molecular flexibility index (Phi) is 5.19. The second-order valence-electron chi connectivity index (χ2n) is 4.13. The highest BCUT2D eigenvalue weighted by atomic mass is 32.1. The second kappa shape index (κ2) is 6.91. The summed E-state index contributed by atoms with van der Waals surface area (Å²) in [7, 11) is 2.17. The lowest BCUT2D eigenvalue weighted by atomic mass is 10.3. The maximum absolute atomic E-state index is 3.47. The van der Waals surface area contributed by atoms with Crippen LogP contribution in [-0.4, -0.2) is 25.0 Å². The summed E-state index contributed by atoms with van der Waals surface area (Å²) in [5, 5.41) is 9.95. The van der Waals surface area contributed by atoms with Crippen LogP contribution in [0.3, 0.4) is 0 Å². The summed E-state index contributed by atoms with van der Waals surface area (Å²) in [5.74, 6) is 0. The lowest BCUT2D eigenvalue weighted by molar-refractivity contribution is 0.325. The first-order valence-corrected chi connectivity index (χ1v) is 7.59. The van der Waals surface area contributed by atoms with E-state index in [2.05, 4.69) is 51.6 Å². The minimum atomic E-state index is 0.990. The molecule has 0 bridgehead atoms. The standard InChI is InChI=1S/C13H18N2S2/c1-15(10-12-4-8-16-11-12)6-5-14-9-13-3-2-7-17-13/h2-4,7-8,11,14H,5-6,9-10H2,1H3. The number of rotatable bonds is 7. The fourth-order valence-electron chi connectivity index (χ4n) is 1.67. The van der Waals surface area contributed by atoms with Gasteiger partial charge in [0.05, 0.1) is 0 Å². The Balaban J connectivity index is 1.58. The summed E-state index contributed by atoms with van der Waals surface area (Å²) >= 11 is 3.58. The van der Waals surface area contributed by atoms with E-state index in [9.17, 15) is 0 Å². The predicted molar refractivity (Wildman–Crippen MR) is 76.7 cm³/mol. The van der Waals surface area contributed by atoms with Crippen molar-refractivity contribution in [1.29, 1.82) is 0 Å². The van der Waals surface area contributed by atoms with Crippen LogP contribution in [0.1, 0.15) is 10.4 Å².